The molecule has 0 spiro atoms. The fourth-order valence-corrected chi connectivity index (χ4v) is 2.74. The van der Waals surface area contributed by atoms with Crippen LogP contribution in [0.25, 0.3) is 5.57 Å². The Morgan fingerprint density at radius 3 is 2.32 bits per heavy atom. The zero-order valence-corrected chi connectivity index (χ0v) is 13.4. The topological polar surface area (TPSA) is 26.3 Å². The summed E-state index contributed by atoms with van der Waals surface area (Å²) < 4.78 is 5.71. The Morgan fingerprint density at radius 1 is 1.05 bits per heavy atom. The van der Waals surface area contributed by atoms with Gasteiger partial charge in [-0.25, -0.2) is 4.79 Å². The summed E-state index contributed by atoms with van der Waals surface area (Å²) in [6.07, 6.45) is 2.75. The summed E-state index contributed by atoms with van der Waals surface area (Å²) in [5, 5.41) is 0.692. The summed E-state index contributed by atoms with van der Waals surface area (Å²) in [6, 6.07) is 15.2. The van der Waals surface area contributed by atoms with E-state index in [1.54, 1.807) is 0 Å². The van der Waals surface area contributed by atoms with E-state index in [1.807, 2.05) is 68.5 Å². The Morgan fingerprint density at radius 2 is 1.68 bits per heavy atom. The second-order valence-electron chi connectivity index (χ2n) is 5.67. The van der Waals surface area contributed by atoms with Crippen molar-refractivity contribution in [1.29, 1.82) is 0 Å². The molecule has 2 aromatic rings. The van der Waals surface area contributed by atoms with Crippen LogP contribution in [-0.2, 0) is 4.74 Å². The van der Waals surface area contributed by atoms with Crippen LogP contribution < -0.4 is 0 Å². The molecule has 0 fully saturated rings. The molecule has 0 amide bonds. The van der Waals surface area contributed by atoms with Gasteiger partial charge in [0.15, 0.2) is 0 Å². The highest BCUT2D eigenvalue weighted by Crippen LogP contribution is 2.35. The van der Waals surface area contributed by atoms with Gasteiger partial charge in [0.2, 0.25) is 0 Å². The van der Waals surface area contributed by atoms with Crippen LogP contribution >= 0.6 is 11.6 Å². The van der Waals surface area contributed by atoms with Crippen molar-refractivity contribution in [3.63, 3.8) is 0 Å². The standard InChI is InChI=1S/C19H17ClO2/c1-3-19(2)12-17(13-8-10-14(20)11-9-13)15-6-4-5-7-16(15)18(21)22-19/h4-12H,3H2,1-2H3. The molecule has 3 rings (SSSR count). The number of cyclic esters (lactones) is 1. The van der Waals surface area contributed by atoms with Crippen LogP contribution in [0.2, 0.25) is 5.02 Å². The predicted molar refractivity (Wildman–Crippen MR) is 89.1 cm³/mol. The first-order chi connectivity index (χ1) is 10.5. The van der Waals surface area contributed by atoms with Gasteiger partial charge in [-0.2, -0.15) is 0 Å². The van der Waals surface area contributed by atoms with Crippen molar-refractivity contribution >= 4 is 23.1 Å². The summed E-state index contributed by atoms with van der Waals surface area (Å²) in [7, 11) is 0. The molecular weight excluding hydrogens is 296 g/mol. The first-order valence-corrected chi connectivity index (χ1v) is 7.72. The minimum atomic E-state index is -0.620. The lowest BCUT2D eigenvalue weighted by Gasteiger charge is -2.24. The highest BCUT2D eigenvalue weighted by Gasteiger charge is 2.31. The third kappa shape index (κ3) is 2.67. The molecular formula is C19H17ClO2. The van der Waals surface area contributed by atoms with E-state index in [4.69, 9.17) is 16.3 Å². The van der Waals surface area contributed by atoms with Crippen LogP contribution in [-0.4, -0.2) is 11.6 Å². The maximum absolute atomic E-state index is 12.4. The molecule has 1 aliphatic rings. The van der Waals surface area contributed by atoms with Crippen molar-refractivity contribution in [3.05, 3.63) is 76.3 Å². The first kappa shape index (κ1) is 14.9. The number of carbonyl (C=O) groups excluding carboxylic acids is 1. The lowest BCUT2D eigenvalue weighted by molar-refractivity contribution is 0.0104. The molecule has 0 radical (unpaired) electrons. The molecule has 0 aliphatic carbocycles. The highest BCUT2D eigenvalue weighted by molar-refractivity contribution is 6.30. The Labute approximate surface area is 135 Å². The maximum Gasteiger partial charge on any atom is 0.339 e. The monoisotopic (exact) mass is 312 g/mol. The Bertz CT molecular complexity index is 746. The SMILES string of the molecule is CCC1(C)C=C(c2ccc(Cl)cc2)c2ccccc2C(=O)O1. The van der Waals surface area contributed by atoms with Crippen molar-refractivity contribution in [2.75, 3.05) is 0 Å². The van der Waals surface area contributed by atoms with Crippen molar-refractivity contribution < 1.29 is 9.53 Å². The molecule has 0 saturated heterocycles. The number of rotatable bonds is 2. The molecule has 0 aromatic heterocycles. The number of halogens is 1. The molecule has 2 aromatic carbocycles. The zero-order chi connectivity index (χ0) is 15.7. The fourth-order valence-electron chi connectivity index (χ4n) is 2.62. The minimum absolute atomic E-state index is 0.278. The second-order valence-corrected chi connectivity index (χ2v) is 6.10. The molecule has 1 atom stereocenters. The van der Waals surface area contributed by atoms with Crippen LogP contribution in [0.4, 0.5) is 0 Å². The summed E-state index contributed by atoms with van der Waals surface area (Å²) in [5.74, 6) is -0.278. The molecule has 112 valence electrons. The van der Waals surface area contributed by atoms with Crippen LogP contribution in [0.15, 0.2) is 54.6 Å². The van der Waals surface area contributed by atoms with E-state index in [-0.39, 0.29) is 5.97 Å². The summed E-state index contributed by atoms with van der Waals surface area (Å²) >= 11 is 5.99. The van der Waals surface area contributed by atoms with E-state index in [0.29, 0.717) is 17.0 Å². The smallest absolute Gasteiger partial charge is 0.339 e. The molecule has 0 N–H and O–H groups in total. The third-order valence-corrected chi connectivity index (χ3v) is 4.32. The highest BCUT2D eigenvalue weighted by atomic mass is 35.5. The van der Waals surface area contributed by atoms with E-state index in [1.165, 1.54) is 0 Å². The van der Waals surface area contributed by atoms with Crippen LogP contribution in [0.3, 0.4) is 0 Å². The summed E-state index contributed by atoms with van der Waals surface area (Å²) in [6.45, 7) is 3.95. The molecule has 1 unspecified atom stereocenters. The van der Waals surface area contributed by atoms with Gasteiger partial charge in [0.05, 0.1) is 5.56 Å². The van der Waals surface area contributed by atoms with Gasteiger partial charge in [0.25, 0.3) is 0 Å². The van der Waals surface area contributed by atoms with Crippen molar-refractivity contribution in [2.24, 2.45) is 0 Å². The average Bonchev–Trinajstić information content (AvgIpc) is 2.64. The van der Waals surface area contributed by atoms with Crippen LogP contribution in [0.1, 0.15) is 41.8 Å². The van der Waals surface area contributed by atoms with E-state index in [2.05, 4.69) is 0 Å². The minimum Gasteiger partial charge on any atom is -0.451 e. The van der Waals surface area contributed by atoms with Gasteiger partial charge in [-0.3, -0.25) is 0 Å². The molecule has 2 nitrogen and oxygen atoms in total. The lowest BCUT2D eigenvalue weighted by atomic mass is 9.90. The van der Waals surface area contributed by atoms with Gasteiger partial charge >= 0.3 is 5.97 Å². The number of hydrogen-bond donors (Lipinski definition) is 0. The molecule has 0 saturated carbocycles. The quantitative estimate of drug-likeness (QED) is 0.720. The van der Waals surface area contributed by atoms with Crippen LogP contribution in [0.5, 0.6) is 0 Å². The third-order valence-electron chi connectivity index (χ3n) is 4.07. The first-order valence-electron chi connectivity index (χ1n) is 7.34. The predicted octanol–water partition coefficient (Wildman–Crippen LogP) is 5.11. The van der Waals surface area contributed by atoms with Gasteiger partial charge < -0.3 is 4.74 Å². The zero-order valence-electron chi connectivity index (χ0n) is 12.6. The number of benzene rings is 2. The fraction of sp³-hybridized carbons (Fsp3) is 0.211. The van der Waals surface area contributed by atoms with Crippen molar-refractivity contribution in [3.8, 4) is 0 Å². The van der Waals surface area contributed by atoms with Gasteiger partial charge in [-0.05, 0) is 54.3 Å². The van der Waals surface area contributed by atoms with Gasteiger partial charge in [-0.15, -0.1) is 0 Å². The van der Waals surface area contributed by atoms with Gasteiger partial charge in [-0.1, -0.05) is 48.9 Å². The number of esters is 1. The molecule has 0 bridgehead atoms. The molecule has 22 heavy (non-hydrogen) atoms. The van der Waals surface area contributed by atoms with Crippen LogP contribution in [0, 0.1) is 0 Å². The van der Waals surface area contributed by atoms with E-state index in [0.717, 1.165) is 16.7 Å². The molecule has 1 aliphatic heterocycles. The summed E-state index contributed by atoms with van der Waals surface area (Å²) in [5.41, 5.74) is 2.90. The molecule has 3 heteroatoms. The van der Waals surface area contributed by atoms with E-state index < -0.39 is 5.60 Å². The second kappa shape index (κ2) is 5.62. The normalized spacial score (nSPS) is 20.7. The van der Waals surface area contributed by atoms with Crippen molar-refractivity contribution in [2.45, 2.75) is 25.9 Å². The number of fused-ring (bicyclic) bond motifs is 1. The molecule has 1 heterocycles. The number of hydrogen-bond acceptors (Lipinski definition) is 2. The van der Waals surface area contributed by atoms with Gasteiger partial charge in [0, 0.05) is 5.02 Å². The lowest BCUT2D eigenvalue weighted by Crippen LogP contribution is -2.27. The Hall–Kier alpha value is -2.06. The van der Waals surface area contributed by atoms with E-state index >= 15 is 0 Å². The Balaban J connectivity index is 2.24. The number of carbonyl (C=O) groups is 1. The average molecular weight is 313 g/mol. The van der Waals surface area contributed by atoms with Gasteiger partial charge in [0.1, 0.15) is 5.60 Å². The Kier molecular flexibility index (Phi) is 3.79. The largest absolute Gasteiger partial charge is 0.451 e. The number of ether oxygens (including phenoxy) is 1. The summed E-state index contributed by atoms with van der Waals surface area (Å²) in [4.78, 5) is 12.4. The van der Waals surface area contributed by atoms with E-state index in [9.17, 15) is 4.79 Å². The van der Waals surface area contributed by atoms with Crippen molar-refractivity contribution in [1.82, 2.24) is 0 Å². The maximum atomic E-state index is 12.4.